The molecule has 20 heavy (non-hydrogen) atoms. The molecule has 0 aliphatic carbocycles. The van der Waals surface area contributed by atoms with Gasteiger partial charge in [-0.2, -0.15) is 5.26 Å². The molecule has 0 saturated carbocycles. The van der Waals surface area contributed by atoms with E-state index < -0.39 is 0 Å². The first-order valence-electron chi connectivity index (χ1n) is 7.87. The van der Waals surface area contributed by atoms with Gasteiger partial charge in [0, 0.05) is 13.1 Å². The summed E-state index contributed by atoms with van der Waals surface area (Å²) >= 11 is 0. The van der Waals surface area contributed by atoms with E-state index in [4.69, 9.17) is 0 Å². The van der Waals surface area contributed by atoms with Gasteiger partial charge in [-0.1, -0.05) is 64.8 Å². The second-order valence-electron chi connectivity index (χ2n) is 8.28. The van der Waals surface area contributed by atoms with Crippen LogP contribution in [0.25, 0.3) is 0 Å². The molecule has 1 aliphatic rings. The number of rotatable bonds is 0. The maximum absolute atomic E-state index is 9.53. The normalized spacial score (nSPS) is 28.9. The zero-order valence-electron chi connectivity index (χ0n) is 14.9. The van der Waals surface area contributed by atoms with Crippen molar-refractivity contribution in [3.05, 3.63) is 0 Å². The van der Waals surface area contributed by atoms with E-state index in [0.29, 0.717) is 0 Å². The van der Waals surface area contributed by atoms with Crippen molar-refractivity contribution in [3.8, 4) is 6.07 Å². The fourth-order valence-electron chi connectivity index (χ4n) is 3.68. The van der Waals surface area contributed by atoms with Gasteiger partial charge in [0.15, 0.2) is 0 Å². The first-order chi connectivity index (χ1) is 8.97. The molecule has 118 valence electrons. The Morgan fingerprint density at radius 3 is 1.90 bits per heavy atom. The van der Waals surface area contributed by atoms with Crippen molar-refractivity contribution in [3.63, 3.8) is 0 Å². The quantitative estimate of drug-likeness (QED) is 0.581. The van der Waals surface area contributed by atoms with Crippen molar-refractivity contribution in [2.45, 2.75) is 68.2 Å². The Morgan fingerprint density at radius 2 is 1.45 bits per heavy atom. The van der Waals surface area contributed by atoms with Crippen LogP contribution in [0.15, 0.2) is 0 Å². The van der Waals surface area contributed by atoms with Crippen LogP contribution in [0.1, 0.15) is 68.2 Å². The van der Waals surface area contributed by atoms with Crippen LogP contribution in [0.4, 0.5) is 0 Å². The van der Waals surface area contributed by atoms with E-state index >= 15 is 0 Å². The third-order valence-corrected chi connectivity index (χ3v) is 4.42. The molecular weight excluding hydrogens is 263 g/mol. The van der Waals surface area contributed by atoms with Crippen molar-refractivity contribution in [1.82, 2.24) is 4.67 Å². The Balaban J connectivity index is 0.00000172. The first kappa shape index (κ1) is 19.9. The average Bonchev–Trinajstić information content (AvgIpc) is 2.26. The predicted octanol–water partition coefficient (Wildman–Crippen LogP) is 5.12. The molecule has 2 nitrogen and oxygen atoms in total. The molecule has 0 aromatic heterocycles. The molecule has 0 aromatic carbocycles. The van der Waals surface area contributed by atoms with Crippen molar-refractivity contribution in [2.75, 3.05) is 13.1 Å². The molecule has 3 heteroatoms. The standard InChI is InChI=1S/C15H29N2P.C2H6/c1-13(2)7-12(8-16)15(5,6)9-14(3,4)11-17(18)10-13;1-2/h12H,7,9-11,18H2,1-6H3;1-2H3. The molecular formula is C17H35N2P. The summed E-state index contributed by atoms with van der Waals surface area (Å²) < 4.78 is 2.36. The lowest BCUT2D eigenvalue weighted by atomic mass is 9.65. The lowest BCUT2D eigenvalue weighted by molar-refractivity contribution is 0.133. The number of hydrogen-bond acceptors (Lipinski definition) is 2. The molecule has 2 atom stereocenters. The number of nitriles is 1. The molecule has 0 N–H and O–H groups in total. The van der Waals surface area contributed by atoms with E-state index in [1.54, 1.807) is 0 Å². The van der Waals surface area contributed by atoms with Gasteiger partial charge >= 0.3 is 0 Å². The third-order valence-electron chi connectivity index (χ3n) is 4.05. The fourth-order valence-corrected chi connectivity index (χ4v) is 4.67. The molecule has 1 fully saturated rings. The van der Waals surface area contributed by atoms with Gasteiger partial charge in [0.05, 0.1) is 12.0 Å². The van der Waals surface area contributed by atoms with Gasteiger partial charge in [-0.25, -0.2) is 0 Å². The maximum atomic E-state index is 9.53. The van der Waals surface area contributed by atoms with Crippen molar-refractivity contribution in [1.29, 1.82) is 5.26 Å². The first-order valence-corrected chi connectivity index (χ1v) is 8.38. The van der Waals surface area contributed by atoms with Gasteiger partial charge in [-0.15, -0.1) is 0 Å². The molecule has 1 aliphatic heterocycles. The highest BCUT2D eigenvalue weighted by Crippen LogP contribution is 2.46. The van der Waals surface area contributed by atoms with Gasteiger partial charge in [0.25, 0.3) is 0 Å². The molecule has 1 rings (SSSR count). The van der Waals surface area contributed by atoms with Gasteiger partial charge in [-0.3, -0.25) is 4.67 Å². The minimum atomic E-state index is 0.0887. The van der Waals surface area contributed by atoms with Gasteiger partial charge in [-0.05, 0) is 29.1 Å². The largest absolute Gasteiger partial charge is 0.286 e. The average molecular weight is 298 g/mol. The molecule has 2 unspecified atom stereocenters. The van der Waals surface area contributed by atoms with Crippen LogP contribution >= 0.6 is 9.39 Å². The number of nitrogens with zero attached hydrogens (tertiary/aromatic N) is 2. The highest BCUT2D eigenvalue weighted by atomic mass is 31.0. The van der Waals surface area contributed by atoms with E-state index in [1.807, 2.05) is 13.8 Å². The highest BCUT2D eigenvalue weighted by molar-refractivity contribution is 7.13. The summed E-state index contributed by atoms with van der Waals surface area (Å²) in [6, 6.07) is 2.57. The summed E-state index contributed by atoms with van der Waals surface area (Å²) in [5.74, 6) is 0.142. The molecule has 0 amide bonds. The molecule has 0 aromatic rings. The van der Waals surface area contributed by atoms with Gasteiger partial charge in [0.2, 0.25) is 0 Å². The molecule has 1 saturated heterocycles. The second kappa shape index (κ2) is 7.24. The van der Waals surface area contributed by atoms with Crippen LogP contribution < -0.4 is 0 Å². The predicted molar refractivity (Wildman–Crippen MR) is 92.3 cm³/mol. The van der Waals surface area contributed by atoms with Crippen LogP contribution in [0.5, 0.6) is 0 Å². The van der Waals surface area contributed by atoms with Crippen LogP contribution in [0.2, 0.25) is 0 Å². The highest BCUT2D eigenvalue weighted by Gasteiger charge is 2.41. The summed E-state index contributed by atoms with van der Waals surface area (Å²) in [6.45, 7) is 19.8. The number of hydrogen-bond donors (Lipinski definition) is 0. The second-order valence-corrected chi connectivity index (χ2v) is 9.01. The summed E-state index contributed by atoms with van der Waals surface area (Å²) in [6.07, 6.45) is 2.08. The smallest absolute Gasteiger partial charge is 0.0661 e. The van der Waals surface area contributed by atoms with E-state index in [-0.39, 0.29) is 22.2 Å². The van der Waals surface area contributed by atoms with Crippen molar-refractivity contribution < 1.29 is 0 Å². The van der Waals surface area contributed by atoms with Crippen LogP contribution in [0.3, 0.4) is 0 Å². The zero-order chi connectivity index (χ0) is 16.2. The Labute approximate surface area is 129 Å². The Morgan fingerprint density at radius 1 is 1.00 bits per heavy atom. The lowest BCUT2D eigenvalue weighted by Crippen LogP contribution is -2.34. The van der Waals surface area contributed by atoms with Gasteiger partial charge in [0.1, 0.15) is 0 Å². The Kier molecular flexibility index (Phi) is 7.19. The minimum absolute atomic E-state index is 0.0887. The van der Waals surface area contributed by atoms with Crippen molar-refractivity contribution >= 4 is 9.39 Å². The summed E-state index contributed by atoms with van der Waals surface area (Å²) in [5.41, 5.74) is 0.534. The van der Waals surface area contributed by atoms with Crippen LogP contribution in [-0.2, 0) is 0 Å². The van der Waals surface area contributed by atoms with Gasteiger partial charge < -0.3 is 0 Å². The topological polar surface area (TPSA) is 27.0 Å². The maximum Gasteiger partial charge on any atom is 0.0661 e. The molecule has 0 spiro atoms. The van der Waals surface area contributed by atoms with Crippen LogP contribution in [0, 0.1) is 33.5 Å². The Hall–Kier alpha value is -0.120. The van der Waals surface area contributed by atoms with E-state index in [0.717, 1.165) is 25.9 Å². The monoisotopic (exact) mass is 298 g/mol. The third kappa shape index (κ3) is 6.11. The summed E-state index contributed by atoms with van der Waals surface area (Å²) in [5, 5.41) is 9.53. The summed E-state index contributed by atoms with van der Waals surface area (Å²) in [4.78, 5) is 0. The molecule has 0 radical (unpaired) electrons. The van der Waals surface area contributed by atoms with E-state index in [1.165, 1.54) is 0 Å². The fraction of sp³-hybridized carbons (Fsp3) is 0.941. The molecule has 0 bridgehead atoms. The Bertz CT molecular complexity index is 339. The molecule has 1 heterocycles. The van der Waals surface area contributed by atoms with E-state index in [9.17, 15) is 5.26 Å². The zero-order valence-corrected chi connectivity index (χ0v) is 16.0. The van der Waals surface area contributed by atoms with Crippen molar-refractivity contribution in [2.24, 2.45) is 22.2 Å². The van der Waals surface area contributed by atoms with E-state index in [2.05, 4.69) is 61.7 Å². The SMILES string of the molecule is CC.CC1(C)CC(C#N)C(C)(C)CC(C)(C)CN(P)C1. The van der Waals surface area contributed by atoms with Crippen LogP contribution in [-0.4, -0.2) is 17.8 Å². The minimum Gasteiger partial charge on any atom is -0.286 e. The summed E-state index contributed by atoms with van der Waals surface area (Å²) in [7, 11) is 2.87. The lowest BCUT2D eigenvalue weighted by Gasteiger charge is -2.38.